The van der Waals surface area contributed by atoms with Gasteiger partial charge in [0.25, 0.3) is 0 Å². The molecular formula is C7H6FS. The number of halogens is 1. The number of hydrogen-bond donors (Lipinski definition) is 0. The third-order valence-corrected chi connectivity index (χ3v) is 1.62. The monoisotopic (exact) mass is 141 g/mol. The Morgan fingerprint density at radius 1 is 1.44 bits per heavy atom. The van der Waals surface area contributed by atoms with Crippen LogP contribution in [0.25, 0.3) is 0 Å². The molecule has 0 spiro atoms. The summed E-state index contributed by atoms with van der Waals surface area (Å²) in [5.74, 6) is 0. The molecule has 9 heavy (non-hydrogen) atoms. The minimum Gasteiger partial charge on any atom is -0.239 e. The Kier molecular flexibility index (Phi) is 2.58. The average Bonchev–Trinajstić information content (AvgIpc) is 1.91. The van der Waals surface area contributed by atoms with Crippen molar-refractivity contribution >= 4 is 11.8 Å². The quantitative estimate of drug-likeness (QED) is 0.570. The summed E-state index contributed by atoms with van der Waals surface area (Å²) in [7, 11) is 0. The fourth-order valence-electron chi connectivity index (χ4n) is 0.531. The van der Waals surface area contributed by atoms with Crippen LogP contribution >= 0.6 is 11.8 Å². The Hall–Kier alpha value is -0.500. The van der Waals surface area contributed by atoms with Crippen molar-refractivity contribution in [3.8, 4) is 0 Å². The van der Waals surface area contributed by atoms with Gasteiger partial charge >= 0.3 is 0 Å². The van der Waals surface area contributed by atoms with Gasteiger partial charge in [-0.25, -0.2) is 4.39 Å². The van der Waals surface area contributed by atoms with Crippen LogP contribution in [0.4, 0.5) is 4.39 Å². The highest BCUT2D eigenvalue weighted by atomic mass is 32.2. The average molecular weight is 141 g/mol. The third-order valence-electron chi connectivity index (χ3n) is 0.909. The highest BCUT2D eigenvalue weighted by molar-refractivity contribution is 7.99. The van der Waals surface area contributed by atoms with Crippen LogP contribution in [0, 0.1) is 6.07 Å². The first-order chi connectivity index (χ1) is 4.43. The first-order valence-corrected chi connectivity index (χ1v) is 3.57. The molecule has 0 aliphatic heterocycles. The second kappa shape index (κ2) is 3.51. The van der Waals surface area contributed by atoms with Gasteiger partial charge in [0.2, 0.25) is 0 Å². The van der Waals surface area contributed by atoms with Crippen molar-refractivity contribution in [1.29, 1.82) is 0 Å². The van der Waals surface area contributed by atoms with E-state index in [4.69, 9.17) is 0 Å². The molecule has 0 amide bonds. The fraction of sp³-hybridized carbons (Fsp3) is 0.143. The van der Waals surface area contributed by atoms with E-state index in [1.807, 2.05) is 12.1 Å². The van der Waals surface area contributed by atoms with Gasteiger partial charge in [-0.05, 0) is 18.2 Å². The highest BCUT2D eigenvalue weighted by Gasteiger charge is 1.87. The first-order valence-electron chi connectivity index (χ1n) is 2.58. The van der Waals surface area contributed by atoms with Crippen LogP contribution in [0.5, 0.6) is 0 Å². The lowest BCUT2D eigenvalue weighted by Gasteiger charge is -1.91. The summed E-state index contributed by atoms with van der Waals surface area (Å²) in [5, 5.41) is 0. The van der Waals surface area contributed by atoms with E-state index in [1.165, 1.54) is 11.8 Å². The summed E-state index contributed by atoms with van der Waals surface area (Å²) in [6.07, 6.45) is 0. The summed E-state index contributed by atoms with van der Waals surface area (Å²) >= 11 is 1.19. The molecule has 0 atom stereocenters. The van der Waals surface area contributed by atoms with Crippen molar-refractivity contribution in [1.82, 2.24) is 0 Å². The fourth-order valence-corrected chi connectivity index (χ4v) is 0.985. The molecule has 0 saturated carbocycles. The summed E-state index contributed by atoms with van der Waals surface area (Å²) in [4.78, 5) is 0.955. The molecule has 1 aromatic carbocycles. The maximum absolute atomic E-state index is 11.6. The Bertz CT molecular complexity index is 162. The molecule has 0 unspecified atom stereocenters. The van der Waals surface area contributed by atoms with Crippen LogP contribution in [0.2, 0.25) is 0 Å². The van der Waals surface area contributed by atoms with E-state index in [1.54, 1.807) is 12.1 Å². The van der Waals surface area contributed by atoms with E-state index in [9.17, 15) is 4.39 Å². The lowest BCUT2D eigenvalue weighted by Crippen LogP contribution is -1.67. The zero-order valence-corrected chi connectivity index (χ0v) is 5.62. The van der Waals surface area contributed by atoms with Crippen molar-refractivity contribution in [2.24, 2.45) is 0 Å². The molecule has 0 N–H and O–H groups in total. The van der Waals surface area contributed by atoms with E-state index < -0.39 is 0 Å². The van der Waals surface area contributed by atoms with Crippen LogP contribution in [0.15, 0.2) is 29.2 Å². The number of alkyl halides is 1. The first kappa shape index (κ1) is 6.62. The minimum atomic E-state index is -0.357. The molecule has 47 valence electrons. The molecule has 0 saturated heterocycles. The van der Waals surface area contributed by atoms with Crippen molar-refractivity contribution < 1.29 is 4.39 Å². The Balaban J connectivity index is 2.61. The van der Waals surface area contributed by atoms with Crippen LogP contribution in [0.1, 0.15) is 0 Å². The third kappa shape index (κ3) is 2.06. The van der Waals surface area contributed by atoms with Crippen LogP contribution < -0.4 is 0 Å². The predicted molar refractivity (Wildman–Crippen MR) is 37.1 cm³/mol. The highest BCUT2D eigenvalue weighted by Crippen LogP contribution is 2.15. The molecule has 0 aliphatic rings. The number of benzene rings is 1. The molecule has 0 fully saturated rings. The van der Waals surface area contributed by atoms with Gasteiger partial charge in [-0.1, -0.05) is 23.9 Å². The maximum Gasteiger partial charge on any atom is 0.139 e. The number of rotatable bonds is 2. The molecular weight excluding hydrogens is 135 g/mol. The van der Waals surface area contributed by atoms with Crippen LogP contribution in [0.3, 0.4) is 0 Å². The SMILES string of the molecule is FCSc1cc[c]cc1. The van der Waals surface area contributed by atoms with Gasteiger partial charge < -0.3 is 0 Å². The largest absolute Gasteiger partial charge is 0.239 e. The smallest absolute Gasteiger partial charge is 0.139 e. The van der Waals surface area contributed by atoms with Crippen LogP contribution in [-0.2, 0) is 0 Å². The molecule has 2 heteroatoms. The molecule has 1 aromatic rings. The summed E-state index contributed by atoms with van der Waals surface area (Å²) in [5.41, 5.74) is 0. The van der Waals surface area contributed by atoms with Gasteiger partial charge in [0.15, 0.2) is 0 Å². The van der Waals surface area contributed by atoms with E-state index in [2.05, 4.69) is 6.07 Å². The van der Waals surface area contributed by atoms with Gasteiger partial charge in [0.05, 0.1) is 0 Å². The maximum atomic E-state index is 11.6. The van der Waals surface area contributed by atoms with Gasteiger partial charge in [-0.15, -0.1) is 0 Å². The molecule has 0 nitrogen and oxygen atoms in total. The Morgan fingerprint density at radius 3 is 2.67 bits per heavy atom. The zero-order chi connectivity index (χ0) is 6.53. The topological polar surface area (TPSA) is 0 Å². The van der Waals surface area contributed by atoms with Gasteiger partial charge in [0.1, 0.15) is 6.01 Å². The Morgan fingerprint density at radius 2 is 2.11 bits per heavy atom. The van der Waals surface area contributed by atoms with E-state index in [-0.39, 0.29) is 6.01 Å². The molecule has 0 aromatic heterocycles. The van der Waals surface area contributed by atoms with E-state index in [0.717, 1.165) is 4.90 Å². The molecule has 0 bridgehead atoms. The Labute approximate surface area is 58.1 Å². The summed E-state index contributed by atoms with van der Waals surface area (Å²) in [6, 6.07) is 9.72. The van der Waals surface area contributed by atoms with Gasteiger partial charge in [0, 0.05) is 4.90 Å². The second-order valence-electron chi connectivity index (χ2n) is 1.49. The van der Waals surface area contributed by atoms with Gasteiger partial charge in [-0.3, -0.25) is 0 Å². The van der Waals surface area contributed by atoms with Crippen molar-refractivity contribution in [3.05, 3.63) is 30.3 Å². The van der Waals surface area contributed by atoms with Crippen molar-refractivity contribution in [2.75, 3.05) is 6.01 Å². The number of hydrogen-bond acceptors (Lipinski definition) is 1. The van der Waals surface area contributed by atoms with Crippen molar-refractivity contribution in [3.63, 3.8) is 0 Å². The number of thioether (sulfide) groups is 1. The van der Waals surface area contributed by atoms with Gasteiger partial charge in [-0.2, -0.15) is 0 Å². The van der Waals surface area contributed by atoms with Crippen LogP contribution in [-0.4, -0.2) is 6.01 Å². The van der Waals surface area contributed by atoms with E-state index in [0.29, 0.717) is 0 Å². The van der Waals surface area contributed by atoms with E-state index >= 15 is 0 Å². The normalized spacial score (nSPS) is 9.44. The standard InChI is InChI=1S/C7H6FS/c8-6-9-7-4-2-1-3-5-7/h2-5H,6H2. The minimum absolute atomic E-state index is 0.357. The lowest BCUT2D eigenvalue weighted by molar-refractivity contribution is 0.605. The zero-order valence-electron chi connectivity index (χ0n) is 4.80. The molecule has 0 aliphatic carbocycles. The lowest BCUT2D eigenvalue weighted by atomic mass is 10.4. The van der Waals surface area contributed by atoms with Crippen molar-refractivity contribution in [2.45, 2.75) is 4.90 Å². The molecule has 0 heterocycles. The summed E-state index contributed by atoms with van der Waals surface area (Å²) in [6.45, 7) is 0. The molecule has 1 rings (SSSR count). The second-order valence-corrected chi connectivity index (χ2v) is 2.47. The predicted octanol–water partition coefficient (Wildman–Crippen LogP) is 2.51. The summed E-state index contributed by atoms with van der Waals surface area (Å²) < 4.78 is 11.6. The molecule has 1 radical (unpaired) electrons.